The van der Waals surface area contributed by atoms with E-state index in [9.17, 15) is 4.79 Å². The number of amides is 1. The molecule has 0 aliphatic carbocycles. The summed E-state index contributed by atoms with van der Waals surface area (Å²) in [5.41, 5.74) is 2.34. The summed E-state index contributed by atoms with van der Waals surface area (Å²) < 4.78 is 6.20. The Hall–Kier alpha value is -1.91. The number of carbonyl (C=O) groups is 1. The Morgan fingerprint density at radius 3 is 2.75 bits per heavy atom. The van der Waals surface area contributed by atoms with Crippen LogP contribution < -0.4 is 0 Å². The molecular weight excluding hydrogens is 318 g/mol. The third-order valence-corrected chi connectivity index (χ3v) is 6.15. The molecule has 3 nitrogen and oxygen atoms in total. The van der Waals surface area contributed by atoms with Gasteiger partial charge in [-0.2, -0.15) is 0 Å². The molecule has 124 valence electrons. The lowest BCUT2D eigenvalue weighted by atomic mass is 9.85. The van der Waals surface area contributed by atoms with E-state index < -0.39 is 0 Å². The van der Waals surface area contributed by atoms with Crippen molar-refractivity contribution in [1.82, 2.24) is 4.90 Å². The van der Waals surface area contributed by atoms with Gasteiger partial charge in [0.1, 0.15) is 5.60 Å². The van der Waals surface area contributed by atoms with E-state index in [1.807, 2.05) is 41.3 Å². The van der Waals surface area contributed by atoms with Gasteiger partial charge >= 0.3 is 0 Å². The fourth-order valence-corrected chi connectivity index (χ4v) is 4.82. The van der Waals surface area contributed by atoms with Crippen LogP contribution >= 0.6 is 11.3 Å². The first kappa shape index (κ1) is 15.6. The molecule has 0 saturated carbocycles. The van der Waals surface area contributed by atoms with Crippen molar-refractivity contribution in [1.29, 1.82) is 0 Å². The highest BCUT2D eigenvalue weighted by molar-refractivity contribution is 7.10. The van der Waals surface area contributed by atoms with E-state index >= 15 is 0 Å². The van der Waals surface area contributed by atoms with Crippen molar-refractivity contribution >= 4 is 23.3 Å². The number of hydrogen-bond acceptors (Lipinski definition) is 3. The molecule has 1 spiro atoms. The second-order valence-electron chi connectivity index (χ2n) is 6.44. The predicted molar refractivity (Wildman–Crippen MR) is 96.9 cm³/mol. The molecule has 1 saturated heterocycles. The Morgan fingerprint density at radius 2 is 1.96 bits per heavy atom. The lowest BCUT2D eigenvalue weighted by Gasteiger charge is -2.43. The highest BCUT2D eigenvalue weighted by Crippen LogP contribution is 2.44. The maximum Gasteiger partial charge on any atom is 0.246 e. The smallest absolute Gasteiger partial charge is 0.246 e. The van der Waals surface area contributed by atoms with Gasteiger partial charge in [-0.3, -0.25) is 4.79 Å². The number of piperidine rings is 1. The summed E-state index contributed by atoms with van der Waals surface area (Å²) in [5.74, 6) is 0.0934. The molecule has 1 aromatic heterocycles. The number of benzene rings is 1. The van der Waals surface area contributed by atoms with Gasteiger partial charge in [-0.25, -0.2) is 0 Å². The van der Waals surface area contributed by atoms with E-state index in [0.717, 1.165) is 44.5 Å². The van der Waals surface area contributed by atoms with E-state index in [-0.39, 0.29) is 11.5 Å². The van der Waals surface area contributed by atoms with Crippen molar-refractivity contribution in [2.45, 2.75) is 24.9 Å². The average molecular weight is 339 g/mol. The highest BCUT2D eigenvalue weighted by atomic mass is 32.1. The molecule has 2 aliphatic heterocycles. The fourth-order valence-electron chi connectivity index (χ4n) is 3.65. The Morgan fingerprint density at radius 1 is 1.17 bits per heavy atom. The monoisotopic (exact) mass is 339 g/mol. The number of ether oxygens (including phenoxy) is 1. The molecule has 1 fully saturated rings. The summed E-state index contributed by atoms with van der Waals surface area (Å²) in [6.07, 6.45) is 6.38. The molecule has 1 aromatic carbocycles. The second kappa shape index (κ2) is 6.54. The van der Waals surface area contributed by atoms with Crippen molar-refractivity contribution < 1.29 is 9.53 Å². The van der Waals surface area contributed by atoms with Crippen LogP contribution in [0.25, 0.3) is 6.08 Å². The minimum atomic E-state index is -0.151. The fraction of sp³-hybridized carbons (Fsp3) is 0.350. The summed E-state index contributed by atoms with van der Waals surface area (Å²) in [6, 6.07) is 12.2. The van der Waals surface area contributed by atoms with E-state index in [1.54, 1.807) is 17.4 Å². The molecule has 4 heteroatoms. The third kappa shape index (κ3) is 2.92. The van der Waals surface area contributed by atoms with Gasteiger partial charge in [-0.05, 0) is 47.9 Å². The number of fused-ring (bicyclic) bond motifs is 2. The lowest BCUT2D eigenvalue weighted by molar-refractivity contribution is -0.135. The van der Waals surface area contributed by atoms with Crippen LogP contribution in [0.2, 0.25) is 0 Å². The van der Waals surface area contributed by atoms with E-state index in [1.165, 1.54) is 10.4 Å². The van der Waals surface area contributed by atoms with Crippen LogP contribution in [-0.4, -0.2) is 30.5 Å². The van der Waals surface area contributed by atoms with Crippen LogP contribution in [0.5, 0.6) is 0 Å². The zero-order valence-corrected chi connectivity index (χ0v) is 14.4. The Kier molecular flexibility index (Phi) is 4.25. The number of carbonyl (C=O) groups excluding carboxylic acids is 1. The maximum absolute atomic E-state index is 12.4. The summed E-state index contributed by atoms with van der Waals surface area (Å²) in [5, 5.41) is 2.17. The van der Waals surface area contributed by atoms with E-state index in [0.29, 0.717) is 0 Å². The quantitative estimate of drug-likeness (QED) is 0.778. The number of nitrogens with zero attached hydrogens (tertiary/aromatic N) is 1. The molecule has 0 radical (unpaired) electrons. The SMILES string of the molecule is O=C(C=Cc1ccccc1)N1CCC2(CC1)OCCc1ccsc12. The van der Waals surface area contributed by atoms with Crippen molar-refractivity contribution in [2.75, 3.05) is 19.7 Å². The van der Waals surface area contributed by atoms with Crippen LogP contribution in [-0.2, 0) is 21.6 Å². The third-order valence-electron chi connectivity index (χ3n) is 5.01. The van der Waals surface area contributed by atoms with Crippen LogP contribution in [0.15, 0.2) is 47.9 Å². The van der Waals surface area contributed by atoms with Gasteiger partial charge in [0.05, 0.1) is 6.61 Å². The molecule has 0 bridgehead atoms. The van der Waals surface area contributed by atoms with Crippen molar-refractivity contribution in [3.05, 3.63) is 63.9 Å². The molecule has 24 heavy (non-hydrogen) atoms. The zero-order valence-electron chi connectivity index (χ0n) is 13.6. The standard InChI is InChI=1S/C20H21NO2S/c22-18(7-6-16-4-2-1-3-5-16)21-12-10-20(11-13-21)19-17(8-14-23-20)9-15-24-19/h1-7,9,15H,8,10-14H2. The first-order chi connectivity index (χ1) is 11.8. The summed E-state index contributed by atoms with van der Waals surface area (Å²) in [4.78, 5) is 15.8. The number of thiophene rings is 1. The molecule has 3 heterocycles. The first-order valence-corrected chi connectivity index (χ1v) is 9.38. The van der Waals surface area contributed by atoms with Gasteiger partial charge in [-0.15, -0.1) is 11.3 Å². The Bertz CT molecular complexity index is 742. The van der Waals surface area contributed by atoms with E-state index in [2.05, 4.69) is 11.4 Å². The highest BCUT2D eigenvalue weighted by Gasteiger charge is 2.42. The molecule has 4 rings (SSSR count). The zero-order chi connectivity index (χ0) is 16.4. The molecule has 1 amide bonds. The van der Waals surface area contributed by atoms with Crippen molar-refractivity contribution in [3.8, 4) is 0 Å². The Balaban J connectivity index is 1.42. The second-order valence-corrected chi connectivity index (χ2v) is 7.35. The molecule has 0 unspecified atom stereocenters. The van der Waals surface area contributed by atoms with Crippen LogP contribution in [0.3, 0.4) is 0 Å². The van der Waals surface area contributed by atoms with Gasteiger partial charge in [-0.1, -0.05) is 30.3 Å². The maximum atomic E-state index is 12.4. The molecule has 2 aliphatic rings. The van der Waals surface area contributed by atoms with Crippen LogP contribution in [0.4, 0.5) is 0 Å². The van der Waals surface area contributed by atoms with Crippen molar-refractivity contribution in [2.24, 2.45) is 0 Å². The number of likely N-dealkylation sites (tertiary alicyclic amines) is 1. The van der Waals surface area contributed by atoms with Gasteiger partial charge in [0.15, 0.2) is 0 Å². The van der Waals surface area contributed by atoms with Gasteiger partial charge in [0.25, 0.3) is 0 Å². The first-order valence-electron chi connectivity index (χ1n) is 8.50. The molecule has 0 N–H and O–H groups in total. The minimum absolute atomic E-state index is 0.0934. The predicted octanol–water partition coefficient (Wildman–Crippen LogP) is 3.85. The normalized spacial score (nSPS) is 19.6. The minimum Gasteiger partial charge on any atom is -0.369 e. The topological polar surface area (TPSA) is 29.5 Å². The molecular formula is C20H21NO2S. The van der Waals surface area contributed by atoms with Gasteiger partial charge < -0.3 is 9.64 Å². The number of rotatable bonds is 2. The van der Waals surface area contributed by atoms with Crippen molar-refractivity contribution in [3.63, 3.8) is 0 Å². The van der Waals surface area contributed by atoms with Crippen LogP contribution in [0.1, 0.15) is 28.8 Å². The van der Waals surface area contributed by atoms with E-state index in [4.69, 9.17) is 4.74 Å². The summed E-state index contributed by atoms with van der Waals surface area (Å²) >= 11 is 1.81. The summed E-state index contributed by atoms with van der Waals surface area (Å²) in [6.45, 7) is 2.32. The van der Waals surface area contributed by atoms with Gasteiger partial charge in [0, 0.05) is 24.0 Å². The Labute approximate surface area is 146 Å². The number of hydrogen-bond donors (Lipinski definition) is 0. The molecule has 2 aromatic rings. The average Bonchev–Trinajstić information content (AvgIpc) is 3.12. The lowest BCUT2D eigenvalue weighted by Crippen LogP contribution is -2.47. The summed E-state index contributed by atoms with van der Waals surface area (Å²) in [7, 11) is 0. The van der Waals surface area contributed by atoms with Gasteiger partial charge in [0.2, 0.25) is 5.91 Å². The largest absolute Gasteiger partial charge is 0.369 e. The van der Waals surface area contributed by atoms with Crippen LogP contribution in [0, 0.1) is 0 Å². The molecule has 0 atom stereocenters.